The van der Waals surface area contributed by atoms with Crippen LogP contribution in [0.25, 0.3) is 0 Å². The van der Waals surface area contributed by atoms with Gasteiger partial charge in [0.2, 0.25) is 0 Å². The molecule has 3 nitrogen and oxygen atoms in total. The molecule has 0 N–H and O–H groups in total. The molecular weight excluding hydrogens is 222 g/mol. The zero-order valence-corrected chi connectivity index (χ0v) is 11.4. The van der Waals surface area contributed by atoms with E-state index in [0.29, 0.717) is 0 Å². The van der Waals surface area contributed by atoms with Crippen LogP contribution in [-0.4, -0.2) is 48.6 Å². The summed E-state index contributed by atoms with van der Waals surface area (Å²) in [5.41, 5.74) is 0. The van der Waals surface area contributed by atoms with E-state index in [1.54, 1.807) is 11.8 Å². The fourth-order valence-corrected chi connectivity index (χ4v) is 3.03. The normalized spacial score (nSPS) is 24.1. The third-order valence-corrected chi connectivity index (χ3v) is 4.16. The topological polar surface area (TPSA) is 29.5 Å². The standard InChI is InChI=1S/C12H23NO2S/c1-10-5-4-6-13(9-10)7-8-16-11(2)12(14)15-3/h10-11H,4-9H2,1-3H3. The second kappa shape index (κ2) is 7.17. The van der Waals surface area contributed by atoms with Crippen molar-refractivity contribution in [2.45, 2.75) is 31.9 Å². The molecule has 0 bridgehead atoms. The van der Waals surface area contributed by atoms with Gasteiger partial charge in [0.25, 0.3) is 0 Å². The molecule has 94 valence electrons. The van der Waals surface area contributed by atoms with Gasteiger partial charge in [-0.25, -0.2) is 0 Å². The Morgan fingerprint density at radius 3 is 3.00 bits per heavy atom. The van der Waals surface area contributed by atoms with E-state index >= 15 is 0 Å². The van der Waals surface area contributed by atoms with Crippen LogP contribution >= 0.6 is 11.8 Å². The number of ether oxygens (including phenoxy) is 1. The van der Waals surface area contributed by atoms with Gasteiger partial charge in [-0.3, -0.25) is 4.79 Å². The molecule has 0 aromatic rings. The minimum Gasteiger partial charge on any atom is -0.468 e. The van der Waals surface area contributed by atoms with Crippen molar-refractivity contribution < 1.29 is 9.53 Å². The minimum atomic E-state index is -0.114. The van der Waals surface area contributed by atoms with E-state index in [4.69, 9.17) is 4.74 Å². The molecule has 2 unspecified atom stereocenters. The summed E-state index contributed by atoms with van der Waals surface area (Å²) in [4.78, 5) is 13.7. The Kier molecular flexibility index (Phi) is 6.21. The third-order valence-electron chi connectivity index (χ3n) is 3.05. The SMILES string of the molecule is COC(=O)C(C)SCCN1CCCC(C)C1. The fraction of sp³-hybridized carbons (Fsp3) is 0.917. The predicted octanol–water partition coefficient (Wildman–Crippen LogP) is 2.01. The maximum Gasteiger partial charge on any atom is 0.318 e. The molecule has 2 atom stereocenters. The second-order valence-electron chi connectivity index (χ2n) is 4.58. The summed E-state index contributed by atoms with van der Waals surface area (Å²) in [6.45, 7) is 7.76. The molecule has 1 aliphatic rings. The highest BCUT2D eigenvalue weighted by atomic mass is 32.2. The number of hydrogen-bond acceptors (Lipinski definition) is 4. The van der Waals surface area contributed by atoms with E-state index in [1.807, 2.05) is 6.92 Å². The molecule has 16 heavy (non-hydrogen) atoms. The molecule has 4 heteroatoms. The average molecular weight is 245 g/mol. The number of esters is 1. The summed E-state index contributed by atoms with van der Waals surface area (Å²) >= 11 is 1.69. The summed E-state index contributed by atoms with van der Waals surface area (Å²) in [6, 6.07) is 0. The number of likely N-dealkylation sites (tertiary alicyclic amines) is 1. The van der Waals surface area contributed by atoms with Crippen molar-refractivity contribution in [2.75, 3.05) is 32.5 Å². The number of hydrogen-bond donors (Lipinski definition) is 0. The van der Waals surface area contributed by atoms with Gasteiger partial charge < -0.3 is 9.64 Å². The molecule has 1 aliphatic heterocycles. The molecule has 1 saturated heterocycles. The van der Waals surface area contributed by atoms with Crippen molar-refractivity contribution in [1.82, 2.24) is 4.90 Å². The first-order valence-corrected chi connectivity index (χ1v) is 7.10. The van der Waals surface area contributed by atoms with E-state index in [1.165, 1.54) is 33.0 Å². The molecule has 0 saturated carbocycles. The summed E-state index contributed by atoms with van der Waals surface area (Å²) in [7, 11) is 1.45. The molecule has 0 spiro atoms. The smallest absolute Gasteiger partial charge is 0.318 e. The van der Waals surface area contributed by atoms with Crippen molar-refractivity contribution >= 4 is 17.7 Å². The quantitative estimate of drug-likeness (QED) is 0.693. The van der Waals surface area contributed by atoms with Crippen LogP contribution in [0.4, 0.5) is 0 Å². The van der Waals surface area contributed by atoms with Crippen LogP contribution < -0.4 is 0 Å². The number of nitrogens with zero attached hydrogens (tertiary/aromatic N) is 1. The highest BCUT2D eigenvalue weighted by molar-refractivity contribution is 8.00. The Bertz CT molecular complexity index is 223. The van der Waals surface area contributed by atoms with Crippen LogP contribution in [0.15, 0.2) is 0 Å². The maximum absolute atomic E-state index is 11.2. The van der Waals surface area contributed by atoms with Gasteiger partial charge in [-0.1, -0.05) is 6.92 Å². The summed E-state index contributed by atoms with van der Waals surface area (Å²) < 4.78 is 4.70. The van der Waals surface area contributed by atoms with Crippen molar-refractivity contribution in [3.63, 3.8) is 0 Å². The van der Waals surface area contributed by atoms with E-state index < -0.39 is 0 Å². The largest absolute Gasteiger partial charge is 0.468 e. The number of rotatable bonds is 5. The molecule has 1 heterocycles. The van der Waals surface area contributed by atoms with Crippen LogP contribution in [-0.2, 0) is 9.53 Å². The molecule has 1 rings (SSSR count). The highest BCUT2D eigenvalue weighted by Gasteiger charge is 2.17. The molecule has 0 aromatic heterocycles. The number of carbonyl (C=O) groups is 1. The molecule has 0 amide bonds. The van der Waals surface area contributed by atoms with Crippen molar-refractivity contribution in [2.24, 2.45) is 5.92 Å². The number of thioether (sulfide) groups is 1. The lowest BCUT2D eigenvalue weighted by atomic mass is 10.0. The highest BCUT2D eigenvalue weighted by Crippen LogP contribution is 2.17. The van der Waals surface area contributed by atoms with Gasteiger partial charge in [0, 0.05) is 18.8 Å². The molecule has 1 fully saturated rings. The Labute approximate surface area is 103 Å². The van der Waals surface area contributed by atoms with E-state index in [0.717, 1.165) is 18.2 Å². The Morgan fingerprint density at radius 2 is 2.38 bits per heavy atom. The Morgan fingerprint density at radius 1 is 1.62 bits per heavy atom. The first kappa shape index (κ1) is 13.8. The number of piperidine rings is 1. The molecular formula is C12H23NO2S. The van der Waals surface area contributed by atoms with Crippen molar-refractivity contribution in [3.05, 3.63) is 0 Å². The second-order valence-corrected chi connectivity index (χ2v) is 6.03. The van der Waals surface area contributed by atoms with Crippen LogP contribution in [0.3, 0.4) is 0 Å². The first-order valence-electron chi connectivity index (χ1n) is 6.05. The van der Waals surface area contributed by atoms with Crippen molar-refractivity contribution in [3.8, 4) is 0 Å². The maximum atomic E-state index is 11.2. The van der Waals surface area contributed by atoms with Gasteiger partial charge in [0.1, 0.15) is 0 Å². The van der Waals surface area contributed by atoms with Crippen LogP contribution in [0, 0.1) is 5.92 Å². The summed E-state index contributed by atoms with van der Waals surface area (Å²) in [6.07, 6.45) is 2.68. The Balaban J connectivity index is 2.12. The molecule has 0 aromatic carbocycles. The first-order chi connectivity index (χ1) is 7.63. The van der Waals surface area contributed by atoms with Crippen LogP contribution in [0.5, 0.6) is 0 Å². The summed E-state index contributed by atoms with van der Waals surface area (Å²) in [5, 5.41) is -0.0350. The lowest BCUT2D eigenvalue weighted by molar-refractivity contribution is -0.139. The van der Waals surface area contributed by atoms with Crippen LogP contribution in [0.2, 0.25) is 0 Å². The molecule has 0 radical (unpaired) electrons. The lowest BCUT2D eigenvalue weighted by Crippen LogP contribution is -2.36. The van der Waals surface area contributed by atoms with Gasteiger partial charge in [-0.15, -0.1) is 11.8 Å². The number of methoxy groups -OCH3 is 1. The predicted molar refractivity (Wildman–Crippen MR) is 68.8 cm³/mol. The van der Waals surface area contributed by atoms with Gasteiger partial charge in [-0.05, 0) is 32.2 Å². The number of carbonyl (C=O) groups excluding carboxylic acids is 1. The van der Waals surface area contributed by atoms with Gasteiger partial charge in [0.15, 0.2) is 0 Å². The zero-order valence-electron chi connectivity index (χ0n) is 10.6. The lowest BCUT2D eigenvalue weighted by Gasteiger charge is -2.30. The van der Waals surface area contributed by atoms with Gasteiger partial charge >= 0.3 is 5.97 Å². The van der Waals surface area contributed by atoms with Gasteiger partial charge in [-0.2, -0.15) is 0 Å². The monoisotopic (exact) mass is 245 g/mol. The Hall–Kier alpha value is -0.220. The average Bonchev–Trinajstić information content (AvgIpc) is 2.28. The molecule has 0 aliphatic carbocycles. The van der Waals surface area contributed by atoms with E-state index in [2.05, 4.69) is 11.8 Å². The van der Waals surface area contributed by atoms with E-state index in [-0.39, 0.29) is 11.2 Å². The fourth-order valence-electron chi connectivity index (χ4n) is 2.08. The van der Waals surface area contributed by atoms with Gasteiger partial charge in [0.05, 0.1) is 12.4 Å². The minimum absolute atomic E-state index is 0.0350. The van der Waals surface area contributed by atoms with Crippen LogP contribution in [0.1, 0.15) is 26.7 Å². The van der Waals surface area contributed by atoms with Crippen molar-refractivity contribution in [1.29, 1.82) is 0 Å². The zero-order chi connectivity index (χ0) is 12.0. The third kappa shape index (κ3) is 4.74. The summed E-state index contributed by atoms with van der Waals surface area (Å²) in [5.74, 6) is 1.73. The van der Waals surface area contributed by atoms with E-state index in [9.17, 15) is 4.79 Å².